The van der Waals surface area contributed by atoms with Gasteiger partial charge in [-0.15, -0.1) is 24.0 Å². The van der Waals surface area contributed by atoms with Crippen molar-refractivity contribution in [3.05, 3.63) is 0 Å². The van der Waals surface area contributed by atoms with Crippen LogP contribution in [0.5, 0.6) is 0 Å². The summed E-state index contributed by atoms with van der Waals surface area (Å²) >= 11 is 0. The van der Waals surface area contributed by atoms with Gasteiger partial charge in [-0.3, -0.25) is 4.99 Å². The molecule has 6 nitrogen and oxygen atoms in total. The number of methoxy groups -OCH3 is 1. The monoisotopic (exact) mass is 441 g/mol. The van der Waals surface area contributed by atoms with Crippen molar-refractivity contribution in [1.29, 1.82) is 0 Å². The molecule has 2 heterocycles. The maximum absolute atomic E-state index is 5.67. The predicted octanol–water partition coefficient (Wildman–Crippen LogP) is 1.73. The van der Waals surface area contributed by atoms with Crippen molar-refractivity contribution in [2.24, 2.45) is 10.9 Å². The van der Waals surface area contributed by atoms with Crippen LogP contribution in [0.15, 0.2) is 4.99 Å². The number of nitrogens with zero attached hydrogens (tertiary/aromatic N) is 2. The molecule has 0 amide bonds. The SMILES string of the molecule is CCNC(=NCCOCC1CCCO1)N1CCC(COC)C1.I. The molecule has 23 heavy (non-hydrogen) atoms. The fourth-order valence-electron chi connectivity index (χ4n) is 3.03. The van der Waals surface area contributed by atoms with Crippen LogP contribution in [-0.2, 0) is 14.2 Å². The van der Waals surface area contributed by atoms with Crippen LogP contribution in [0.3, 0.4) is 0 Å². The molecule has 0 radical (unpaired) electrons. The van der Waals surface area contributed by atoms with Crippen LogP contribution in [0.4, 0.5) is 0 Å². The summed E-state index contributed by atoms with van der Waals surface area (Å²) in [5.41, 5.74) is 0. The first-order valence-corrected chi connectivity index (χ1v) is 8.55. The van der Waals surface area contributed by atoms with Gasteiger partial charge < -0.3 is 24.4 Å². The van der Waals surface area contributed by atoms with E-state index >= 15 is 0 Å². The molecule has 2 saturated heterocycles. The summed E-state index contributed by atoms with van der Waals surface area (Å²) in [6.45, 7) is 8.84. The molecule has 136 valence electrons. The molecule has 2 rings (SSSR count). The maximum Gasteiger partial charge on any atom is 0.194 e. The van der Waals surface area contributed by atoms with Gasteiger partial charge in [-0.05, 0) is 26.2 Å². The van der Waals surface area contributed by atoms with Gasteiger partial charge in [0, 0.05) is 39.3 Å². The zero-order valence-electron chi connectivity index (χ0n) is 14.5. The third kappa shape index (κ3) is 7.53. The smallest absolute Gasteiger partial charge is 0.194 e. The van der Waals surface area contributed by atoms with Gasteiger partial charge in [0.15, 0.2) is 5.96 Å². The number of ether oxygens (including phenoxy) is 3. The lowest BCUT2D eigenvalue weighted by Gasteiger charge is -2.21. The molecule has 0 aromatic heterocycles. The molecule has 2 atom stereocenters. The number of aliphatic imine (C=N–C) groups is 1. The van der Waals surface area contributed by atoms with Crippen LogP contribution < -0.4 is 5.32 Å². The van der Waals surface area contributed by atoms with Crippen molar-refractivity contribution in [2.45, 2.75) is 32.3 Å². The Balaban J connectivity index is 0.00000264. The predicted molar refractivity (Wildman–Crippen MR) is 103 cm³/mol. The first kappa shape index (κ1) is 20.9. The van der Waals surface area contributed by atoms with E-state index in [1.807, 2.05) is 0 Å². The highest BCUT2D eigenvalue weighted by Gasteiger charge is 2.24. The van der Waals surface area contributed by atoms with Crippen LogP contribution >= 0.6 is 24.0 Å². The molecule has 7 heteroatoms. The van der Waals surface area contributed by atoms with Crippen molar-refractivity contribution in [1.82, 2.24) is 10.2 Å². The van der Waals surface area contributed by atoms with Gasteiger partial charge in [0.1, 0.15) is 0 Å². The highest BCUT2D eigenvalue weighted by atomic mass is 127. The van der Waals surface area contributed by atoms with E-state index in [9.17, 15) is 0 Å². The molecule has 0 aromatic rings. The van der Waals surface area contributed by atoms with Crippen LogP contribution in [0.25, 0.3) is 0 Å². The van der Waals surface area contributed by atoms with E-state index in [0.29, 0.717) is 31.8 Å². The molecule has 0 aliphatic carbocycles. The van der Waals surface area contributed by atoms with Crippen molar-refractivity contribution < 1.29 is 14.2 Å². The molecular weight excluding hydrogens is 409 g/mol. The number of likely N-dealkylation sites (tertiary alicyclic amines) is 1. The first-order chi connectivity index (χ1) is 10.8. The summed E-state index contributed by atoms with van der Waals surface area (Å²) < 4.78 is 16.5. The van der Waals surface area contributed by atoms with Crippen molar-refractivity contribution in [3.63, 3.8) is 0 Å². The van der Waals surface area contributed by atoms with Gasteiger partial charge in [0.25, 0.3) is 0 Å². The number of rotatable bonds is 8. The fraction of sp³-hybridized carbons (Fsp3) is 0.938. The minimum absolute atomic E-state index is 0. The van der Waals surface area contributed by atoms with Crippen molar-refractivity contribution in [3.8, 4) is 0 Å². The lowest BCUT2D eigenvalue weighted by Crippen LogP contribution is -2.40. The van der Waals surface area contributed by atoms with E-state index in [4.69, 9.17) is 14.2 Å². The fourth-order valence-corrected chi connectivity index (χ4v) is 3.03. The lowest BCUT2D eigenvalue weighted by molar-refractivity contribution is 0.0199. The van der Waals surface area contributed by atoms with Gasteiger partial charge in [-0.1, -0.05) is 0 Å². The summed E-state index contributed by atoms with van der Waals surface area (Å²) in [5.74, 6) is 1.62. The second-order valence-corrected chi connectivity index (χ2v) is 6.00. The summed E-state index contributed by atoms with van der Waals surface area (Å²) in [6.07, 6.45) is 3.76. The van der Waals surface area contributed by atoms with Gasteiger partial charge >= 0.3 is 0 Å². The van der Waals surface area contributed by atoms with Crippen molar-refractivity contribution >= 4 is 29.9 Å². The molecule has 2 aliphatic heterocycles. The Bertz CT molecular complexity index is 339. The van der Waals surface area contributed by atoms with Gasteiger partial charge in [0.05, 0.1) is 32.5 Å². The van der Waals surface area contributed by atoms with Gasteiger partial charge in [-0.25, -0.2) is 0 Å². The van der Waals surface area contributed by atoms with Crippen LogP contribution in [0.1, 0.15) is 26.2 Å². The minimum atomic E-state index is 0. The summed E-state index contributed by atoms with van der Waals surface area (Å²) in [7, 11) is 1.77. The average Bonchev–Trinajstić information content (AvgIpc) is 3.18. The molecule has 2 unspecified atom stereocenters. The van der Waals surface area contributed by atoms with Crippen molar-refractivity contribution in [2.75, 3.05) is 59.7 Å². The Kier molecular flexibility index (Phi) is 11.2. The molecule has 0 bridgehead atoms. The number of hydrogen-bond acceptors (Lipinski definition) is 4. The number of guanidine groups is 1. The van der Waals surface area contributed by atoms with E-state index in [0.717, 1.165) is 51.6 Å². The third-order valence-corrected chi connectivity index (χ3v) is 4.15. The van der Waals surface area contributed by atoms with Crippen LogP contribution in [-0.4, -0.2) is 76.7 Å². The average molecular weight is 441 g/mol. The minimum Gasteiger partial charge on any atom is -0.384 e. The van der Waals surface area contributed by atoms with E-state index in [2.05, 4.69) is 22.1 Å². The topological polar surface area (TPSA) is 55.3 Å². The highest BCUT2D eigenvalue weighted by Crippen LogP contribution is 2.16. The Morgan fingerprint density at radius 1 is 1.35 bits per heavy atom. The zero-order chi connectivity index (χ0) is 15.6. The Hall–Kier alpha value is -0.120. The number of nitrogens with one attached hydrogen (secondary N) is 1. The summed E-state index contributed by atoms with van der Waals surface area (Å²) in [4.78, 5) is 7.01. The molecule has 1 N–H and O–H groups in total. The largest absolute Gasteiger partial charge is 0.384 e. The van der Waals surface area contributed by atoms with Crippen LogP contribution in [0, 0.1) is 5.92 Å². The van der Waals surface area contributed by atoms with E-state index < -0.39 is 0 Å². The molecule has 0 saturated carbocycles. The second-order valence-electron chi connectivity index (χ2n) is 6.00. The van der Waals surface area contributed by atoms with Gasteiger partial charge in [-0.2, -0.15) is 0 Å². The van der Waals surface area contributed by atoms with E-state index in [-0.39, 0.29) is 24.0 Å². The normalized spacial score (nSPS) is 24.8. The standard InChI is InChI=1S/C16H31N3O3.HI/c1-3-17-16(19-8-6-14(11-19)12-20-2)18-7-10-21-13-15-5-4-9-22-15;/h14-15H,3-13H2,1-2H3,(H,17,18);1H. The van der Waals surface area contributed by atoms with Crippen LogP contribution in [0.2, 0.25) is 0 Å². The third-order valence-electron chi connectivity index (χ3n) is 4.15. The van der Waals surface area contributed by atoms with E-state index in [1.165, 1.54) is 6.42 Å². The zero-order valence-corrected chi connectivity index (χ0v) is 16.8. The van der Waals surface area contributed by atoms with E-state index in [1.54, 1.807) is 7.11 Å². The number of hydrogen-bond donors (Lipinski definition) is 1. The quantitative estimate of drug-likeness (QED) is 0.269. The summed E-state index contributed by atoms with van der Waals surface area (Å²) in [6, 6.07) is 0. The molecule has 2 aliphatic rings. The molecule has 0 spiro atoms. The Labute approximate surface area is 157 Å². The Morgan fingerprint density at radius 3 is 2.91 bits per heavy atom. The number of halogens is 1. The molecular formula is C16H32IN3O3. The highest BCUT2D eigenvalue weighted by molar-refractivity contribution is 14.0. The molecule has 0 aromatic carbocycles. The Morgan fingerprint density at radius 2 is 2.22 bits per heavy atom. The lowest BCUT2D eigenvalue weighted by atomic mass is 10.1. The first-order valence-electron chi connectivity index (χ1n) is 8.55. The van der Waals surface area contributed by atoms with Gasteiger partial charge in [0.2, 0.25) is 0 Å². The second kappa shape index (κ2) is 12.3. The summed E-state index contributed by atoms with van der Waals surface area (Å²) in [5, 5.41) is 3.37. The maximum atomic E-state index is 5.67. The molecule has 2 fully saturated rings.